The van der Waals surface area contributed by atoms with Gasteiger partial charge in [0.25, 0.3) is 5.91 Å². The van der Waals surface area contributed by atoms with E-state index in [0.29, 0.717) is 25.0 Å². The van der Waals surface area contributed by atoms with Gasteiger partial charge in [-0.1, -0.05) is 11.6 Å². The van der Waals surface area contributed by atoms with Gasteiger partial charge in [-0.05, 0) is 55.7 Å². The van der Waals surface area contributed by atoms with E-state index >= 15 is 0 Å². The molecule has 2 bridgehead atoms. The monoisotopic (exact) mass is 654 g/mol. The summed E-state index contributed by atoms with van der Waals surface area (Å²) in [4.78, 5) is 12.4. The van der Waals surface area contributed by atoms with Crippen LogP contribution in [0.4, 0.5) is 18.9 Å². The average Bonchev–Trinajstić information content (AvgIpc) is 3.05. The molecular formula is C26H30ClF3N2O8S2. The molecule has 2 aromatic rings. The largest absolute Gasteiger partial charge is 0.390 e. The van der Waals surface area contributed by atoms with Gasteiger partial charge >= 0.3 is 0 Å². The molecule has 2 saturated carbocycles. The van der Waals surface area contributed by atoms with Crippen LogP contribution in [0.1, 0.15) is 42.5 Å². The molecule has 2 aromatic carbocycles. The maximum absolute atomic E-state index is 13.7. The fourth-order valence-corrected chi connectivity index (χ4v) is 8.79. The summed E-state index contributed by atoms with van der Waals surface area (Å²) in [6.45, 7) is -0.462. The lowest BCUT2D eigenvalue weighted by Gasteiger charge is -2.44. The van der Waals surface area contributed by atoms with Crippen LogP contribution in [-0.2, 0) is 19.9 Å². The third kappa shape index (κ3) is 6.77. The SMILES string of the molecule is CS(=O)(=O)NCC(O)C(O)C[C@@]1(O)C2CC[C@H]1C[C@H](S(=O)(=O)c1cc(C(=O)Nc3cc(F)c(F)c(F)c3)ccc1Cl)C2. The molecule has 42 heavy (non-hydrogen) atoms. The van der Waals surface area contributed by atoms with Crippen molar-refractivity contribution in [1.29, 1.82) is 0 Å². The number of anilines is 1. The van der Waals surface area contributed by atoms with Gasteiger partial charge in [0.05, 0.1) is 39.2 Å². The summed E-state index contributed by atoms with van der Waals surface area (Å²) in [6, 6.07) is 4.57. The molecule has 3 unspecified atom stereocenters. The number of fused-ring (bicyclic) bond motifs is 2. The molecule has 0 spiro atoms. The first-order valence-corrected chi connectivity index (χ1v) is 16.8. The number of sulfone groups is 1. The van der Waals surface area contributed by atoms with Crippen molar-refractivity contribution in [3.05, 3.63) is 58.4 Å². The minimum Gasteiger partial charge on any atom is -0.390 e. The molecule has 6 atom stereocenters. The average molecular weight is 655 g/mol. The number of rotatable bonds is 10. The second-order valence-electron chi connectivity index (χ2n) is 10.9. The lowest BCUT2D eigenvalue weighted by atomic mass is 9.71. The number of carbonyl (C=O) groups is 1. The second kappa shape index (κ2) is 12.0. The first kappa shape index (κ1) is 32.6. The molecule has 0 radical (unpaired) electrons. The van der Waals surface area contributed by atoms with E-state index in [1.165, 1.54) is 12.1 Å². The van der Waals surface area contributed by atoms with Crippen molar-refractivity contribution in [2.24, 2.45) is 11.8 Å². The Labute approximate surface area is 245 Å². The summed E-state index contributed by atoms with van der Waals surface area (Å²) in [7, 11) is -7.79. The fraction of sp³-hybridized carbons (Fsp3) is 0.500. The highest BCUT2D eigenvalue weighted by Gasteiger charge is 2.56. The van der Waals surface area contributed by atoms with Crippen LogP contribution in [0.5, 0.6) is 0 Å². The molecule has 0 aliphatic heterocycles. The van der Waals surface area contributed by atoms with Gasteiger partial charge in [-0.3, -0.25) is 4.79 Å². The summed E-state index contributed by atoms with van der Waals surface area (Å²) in [5, 5.41) is 33.2. The smallest absolute Gasteiger partial charge is 0.255 e. The van der Waals surface area contributed by atoms with Crippen LogP contribution in [0.2, 0.25) is 5.02 Å². The Balaban J connectivity index is 1.50. The molecule has 1 amide bonds. The van der Waals surface area contributed by atoms with Crippen LogP contribution in [-0.4, -0.2) is 73.9 Å². The zero-order valence-electron chi connectivity index (χ0n) is 22.2. The van der Waals surface area contributed by atoms with Crippen molar-refractivity contribution >= 4 is 43.1 Å². The Kier molecular flexibility index (Phi) is 9.34. The van der Waals surface area contributed by atoms with Gasteiger partial charge in [-0.2, -0.15) is 0 Å². The number of aliphatic hydroxyl groups excluding tert-OH is 2. The Hall–Kier alpha value is -2.27. The number of halogens is 4. The maximum atomic E-state index is 13.7. The van der Waals surface area contributed by atoms with E-state index in [4.69, 9.17) is 11.6 Å². The topological polar surface area (TPSA) is 170 Å². The van der Waals surface area contributed by atoms with Crippen LogP contribution >= 0.6 is 11.6 Å². The van der Waals surface area contributed by atoms with Crippen molar-refractivity contribution in [2.75, 3.05) is 18.1 Å². The van der Waals surface area contributed by atoms with Gasteiger partial charge in [0.15, 0.2) is 27.3 Å². The normalized spacial score (nSPS) is 25.7. The lowest BCUT2D eigenvalue weighted by Crippen LogP contribution is -2.52. The standard InChI is InChI=1S/C26H30ClF3N2O8S2/c1-41(37,38)31-12-22(34)21(33)11-26(36)14-3-4-15(26)8-17(7-14)42(39,40)23-6-13(2-5-18(23)27)25(35)32-16-9-19(28)24(30)20(29)10-16/h2,5-6,9-10,14-15,17,21-22,31,33-34,36H,3-4,7-8,11-12H2,1H3,(H,32,35)/t14-,15?,17-,21?,22?,26-/m0/s1. The fourth-order valence-electron chi connectivity index (χ4n) is 5.91. The molecule has 2 aliphatic carbocycles. The molecule has 0 saturated heterocycles. The number of sulfonamides is 1. The molecule has 2 fully saturated rings. The van der Waals surface area contributed by atoms with Crippen LogP contribution in [0.3, 0.4) is 0 Å². The predicted octanol–water partition coefficient (Wildman–Crippen LogP) is 2.36. The van der Waals surface area contributed by atoms with E-state index in [-0.39, 0.29) is 34.7 Å². The number of carbonyl (C=O) groups excluding carboxylic acids is 1. The van der Waals surface area contributed by atoms with Crippen molar-refractivity contribution in [2.45, 2.75) is 60.1 Å². The first-order valence-electron chi connectivity index (χ1n) is 12.9. The lowest BCUT2D eigenvalue weighted by molar-refractivity contribution is -0.108. The van der Waals surface area contributed by atoms with Crippen LogP contribution in [0.25, 0.3) is 0 Å². The zero-order chi connectivity index (χ0) is 31.2. The van der Waals surface area contributed by atoms with Crippen molar-refractivity contribution < 1.29 is 50.1 Å². The van der Waals surface area contributed by atoms with Crippen LogP contribution in [0.15, 0.2) is 35.2 Å². The van der Waals surface area contributed by atoms with Gasteiger partial charge < -0.3 is 20.6 Å². The molecule has 10 nitrogen and oxygen atoms in total. The summed E-state index contributed by atoms with van der Waals surface area (Å²) in [5.41, 5.74) is -2.08. The molecule has 16 heteroatoms. The van der Waals surface area contributed by atoms with Gasteiger partial charge in [0, 0.05) is 36.3 Å². The Morgan fingerprint density at radius 3 is 2.14 bits per heavy atom. The molecular weight excluding hydrogens is 625 g/mol. The Bertz CT molecular complexity index is 1550. The van der Waals surface area contributed by atoms with Gasteiger partial charge in [-0.15, -0.1) is 0 Å². The number of nitrogens with one attached hydrogen (secondary N) is 2. The van der Waals surface area contributed by atoms with E-state index < -0.39 is 90.3 Å². The van der Waals surface area contributed by atoms with E-state index in [2.05, 4.69) is 10.0 Å². The van der Waals surface area contributed by atoms with Crippen molar-refractivity contribution in [1.82, 2.24) is 4.72 Å². The minimum absolute atomic E-state index is 0.000619. The Morgan fingerprint density at radius 2 is 1.60 bits per heavy atom. The first-order chi connectivity index (χ1) is 19.4. The molecule has 5 N–H and O–H groups in total. The Morgan fingerprint density at radius 1 is 1.02 bits per heavy atom. The van der Waals surface area contributed by atoms with E-state index in [1.54, 1.807) is 0 Å². The van der Waals surface area contributed by atoms with Gasteiger partial charge in [0.1, 0.15) is 0 Å². The van der Waals surface area contributed by atoms with Crippen LogP contribution in [0, 0.1) is 29.3 Å². The predicted molar refractivity (Wildman–Crippen MR) is 147 cm³/mol. The number of aliphatic hydroxyl groups is 3. The molecule has 0 heterocycles. The minimum atomic E-state index is -4.17. The van der Waals surface area contributed by atoms with Crippen molar-refractivity contribution in [3.8, 4) is 0 Å². The summed E-state index contributed by atoms with van der Waals surface area (Å²) >= 11 is 6.22. The molecule has 0 aromatic heterocycles. The summed E-state index contributed by atoms with van der Waals surface area (Å²) < 4.78 is 92.4. The summed E-state index contributed by atoms with van der Waals surface area (Å²) in [5.74, 6) is -6.81. The van der Waals surface area contributed by atoms with Gasteiger partial charge in [0.2, 0.25) is 10.0 Å². The summed E-state index contributed by atoms with van der Waals surface area (Å²) in [6.07, 6.45) is -1.46. The van der Waals surface area contributed by atoms with E-state index in [9.17, 15) is 50.1 Å². The molecule has 232 valence electrons. The van der Waals surface area contributed by atoms with E-state index in [0.717, 1.165) is 12.3 Å². The van der Waals surface area contributed by atoms with Crippen LogP contribution < -0.4 is 10.0 Å². The highest BCUT2D eigenvalue weighted by atomic mass is 35.5. The van der Waals surface area contributed by atoms with Crippen molar-refractivity contribution in [3.63, 3.8) is 0 Å². The zero-order valence-corrected chi connectivity index (χ0v) is 24.6. The number of hydrogen-bond donors (Lipinski definition) is 5. The third-order valence-corrected chi connectivity index (χ3v) is 11.4. The third-order valence-electron chi connectivity index (χ3n) is 8.09. The number of amides is 1. The van der Waals surface area contributed by atoms with Gasteiger partial charge in [-0.25, -0.2) is 34.7 Å². The second-order valence-corrected chi connectivity index (χ2v) is 15.4. The molecule has 4 rings (SSSR count). The highest BCUT2D eigenvalue weighted by Crippen LogP contribution is 2.54. The maximum Gasteiger partial charge on any atom is 0.255 e. The quantitative estimate of drug-likeness (QED) is 0.243. The molecule has 2 aliphatic rings. The number of hydrogen-bond acceptors (Lipinski definition) is 8. The van der Waals surface area contributed by atoms with E-state index in [1.807, 2.05) is 0 Å². The highest BCUT2D eigenvalue weighted by molar-refractivity contribution is 7.92. The number of benzene rings is 2.